The van der Waals surface area contributed by atoms with Gasteiger partial charge >= 0.3 is 0 Å². The molecule has 0 amide bonds. The summed E-state index contributed by atoms with van der Waals surface area (Å²) in [4.78, 5) is 7.93. The first-order valence-corrected chi connectivity index (χ1v) is 45.4. The van der Waals surface area contributed by atoms with Gasteiger partial charge in [-0.15, -0.1) is 0 Å². The fourth-order valence-corrected chi connectivity index (χ4v) is 34.6. The average Bonchev–Trinajstić information content (AvgIpc) is 0.695. The Balaban J connectivity index is 0.808. The molecule has 16 aliphatic carbocycles. The molecular weight excluding hydrogens is 1120 g/mol. The molecule has 2 heterocycles. The van der Waals surface area contributed by atoms with Gasteiger partial charge < -0.3 is 0 Å². The van der Waals surface area contributed by atoms with Crippen molar-refractivity contribution in [3.05, 3.63) is 0 Å². The molecule has 93 heavy (non-hydrogen) atoms. The zero-order valence-corrected chi connectivity index (χ0v) is 61.6. The third kappa shape index (κ3) is 12.0. The third-order valence-electron chi connectivity index (χ3n) is 37.7. The minimum absolute atomic E-state index is 0.466. The van der Waals surface area contributed by atoms with Crippen molar-refractivity contribution >= 4 is 6.71 Å². The monoisotopic (exact) mass is 1270 g/mol. The van der Waals surface area contributed by atoms with Crippen molar-refractivity contribution in [3.8, 4) is 0 Å². The highest BCUT2D eigenvalue weighted by Crippen LogP contribution is 2.71. The zero-order chi connectivity index (χ0) is 61.9. The normalized spacial score (nSPS) is 50.4. The van der Waals surface area contributed by atoms with Gasteiger partial charge in [0.15, 0.2) is 6.71 Å². The van der Waals surface area contributed by atoms with Crippen LogP contribution in [-0.4, -0.2) is 52.8 Å². The number of nitrogens with zero attached hydrogens (tertiary/aromatic N) is 2. The number of rotatable bonds is 9. The maximum absolute atomic E-state index is 3.98. The van der Waals surface area contributed by atoms with E-state index in [1.165, 1.54) is 0 Å². The first kappa shape index (κ1) is 65.0. The van der Waals surface area contributed by atoms with Crippen LogP contribution in [0.25, 0.3) is 0 Å². The van der Waals surface area contributed by atoms with Gasteiger partial charge in [0.05, 0.1) is 0 Å². The summed E-state index contributed by atoms with van der Waals surface area (Å²) in [5.74, 6) is 27.1. The Hall–Kier alpha value is -0.0151. The average molecular weight is 1270 g/mol. The summed E-state index contributed by atoms with van der Waals surface area (Å²) in [6.07, 6.45) is 86.5. The Bertz CT molecular complexity index is 2340. The van der Waals surface area contributed by atoms with E-state index in [0.29, 0.717) is 5.41 Å². The molecule has 23 unspecified atom stereocenters. The van der Waals surface area contributed by atoms with Crippen LogP contribution in [-0.2, 0) is 0 Å². The lowest BCUT2D eigenvalue weighted by Gasteiger charge is -2.72. The van der Waals surface area contributed by atoms with Crippen molar-refractivity contribution < 1.29 is 0 Å². The molecule has 0 spiro atoms. The molecule has 3 heteroatoms. The van der Waals surface area contributed by atoms with Crippen LogP contribution in [0.3, 0.4) is 0 Å². The number of fused-ring (bicyclic) bond motifs is 6. The molecule has 0 aromatic rings. The van der Waals surface area contributed by atoms with E-state index in [1.807, 2.05) is 0 Å². The highest BCUT2D eigenvalue weighted by molar-refractivity contribution is 6.65. The molecule has 0 bridgehead atoms. The van der Waals surface area contributed by atoms with Crippen molar-refractivity contribution in [2.24, 2.45) is 142 Å². The largest absolute Gasteiger partial charge is 0.295 e. The quantitative estimate of drug-likeness (QED) is 0.212. The second-order valence-electron chi connectivity index (χ2n) is 41.8. The molecule has 18 fully saturated rings. The molecule has 23 atom stereocenters. The van der Waals surface area contributed by atoms with Crippen LogP contribution < -0.4 is 0 Å². The van der Waals surface area contributed by atoms with Gasteiger partial charge in [-0.05, 0) is 281 Å². The zero-order valence-electron chi connectivity index (χ0n) is 61.6. The van der Waals surface area contributed by atoms with Crippen LogP contribution in [0, 0.1) is 142 Å². The molecule has 522 valence electrons. The number of hydrogen-bond acceptors (Lipinski definition) is 2. The lowest BCUT2D eigenvalue weighted by atomic mass is 9.17. The predicted octanol–water partition coefficient (Wildman–Crippen LogP) is 24.9. The molecule has 0 aromatic heterocycles. The Morgan fingerprint density at radius 1 is 0.226 bits per heavy atom. The summed E-state index contributed by atoms with van der Waals surface area (Å²) >= 11 is 0. The molecule has 16 saturated carbocycles. The van der Waals surface area contributed by atoms with E-state index in [-0.39, 0.29) is 0 Å². The van der Waals surface area contributed by atoms with Gasteiger partial charge in [0, 0.05) is 36.3 Å². The van der Waals surface area contributed by atoms with E-state index in [9.17, 15) is 0 Å². The molecule has 18 aliphatic rings. The second kappa shape index (κ2) is 28.0. The summed E-state index contributed by atoms with van der Waals surface area (Å²) in [5.41, 5.74) is 0.466. The fourth-order valence-electron chi connectivity index (χ4n) is 34.6. The van der Waals surface area contributed by atoms with Crippen LogP contribution >= 0.6 is 0 Å². The highest BCUT2D eigenvalue weighted by Gasteiger charge is 2.70. The molecule has 18 rings (SSSR count). The van der Waals surface area contributed by atoms with Gasteiger partial charge in [0.25, 0.3) is 0 Å². The van der Waals surface area contributed by atoms with Crippen LogP contribution in [0.15, 0.2) is 0 Å². The van der Waals surface area contributed by atoms with Crippen molar-refractivity contribution in [1.82, 2.24) is 9.80 Å². The third-order valence-corrected chi connectivity index (χ3v) is 37.7. The van der Waals surface area contributed by atoms with E-state index in [4.69, 9.17) is 0 Å². The molecule has 0 radical (unpaired) electrons. The van der Waals surface area contributed by atoms with Crippen molar-refractivity contribution in [2.75, 3.05) is 0 Å². The lowest BCUT2D eigenvalue weighted by molar-refractivity contribution is -0.168. The van der Waals surface area contributed by atoms with Gasteiger partial charge in [-0.1, -0.05) is 245 Å². The first-order valence-electron chi connectivity index (χ1n) is 45.4. The molecule has 2 saturated heterocycles. The van der Waals surface area contributed by atoms with Gasteiger partial charge in [-0.25, -0.2) is 0 Å². The van der Waals surface area contributed by atoms with E-state index < -0.39 is 0 Å². The standard InChI is InChI=1S/C90H149BN2/c1-90(2,3)69-49-44-59(45-50-69)68-56-82-87-83(57-68)93(89-73(62-30-15-7-16-31-62)39-23-40-74(89)63-32-17-8-18-33-63)81-53-48-67(70-51-46-65-36-20-42-76-75-41-19-34-64-35-21-43-77(84(64)75)86(70)85(65)76)55-79(81)91(87)78-54-66(58-24-9-4-10-25-58)47-52-80(78)92(82)88-71(60-26-11-5-12-27-60)37-22-38-72(88)61-28-13-6-14-29-61/h58-89H,4-57H2,1-3H3. The minimum Gasteiger partial charge on any atom is -0.295 e. The highest BCUT2D eigenvalue weighted by atomic mass is 15.3. The smallest absolute Gasteiger partial charge is 0.156 e. The Morgan fingerprint density at radius 3 is 1.05 bits per heavy atom. The second-order valence-corrected chi connectivity index (χ2v) is 41.8. The molecule has 2 aliphatic heterocycles. The Kier molecular flexibility index (Phi) is 19.6. The van der Waals surface area contributed by atoms with Gasteiger partial charge in [-0.2, -0.15) is 0 Å². The Labute approximate surface area is 575 Å². The van der Waals surface area contributed by atoms with Crippen molar-refractivity contribution in [2.45, 2.75) is 421 Å². The Morgan fingerprint density at radius 2 is 0.581 bits per heavy atom. The van der Waals surface area contributed by atoms with Crippen LogP contribution in [0.5, 0.6) is 0 Å². The van der Waals surface area contributed by atoms with Crippen LogP contribution in [0.2, 0.25) is 17.5 Å². The lowest BCUT2D eigenvalue weighted by Crippen LogP contribution is -2.77. The van der Waals surface area contributed by atoms with Crippen molar-refractivity contribution in [1.29, 1.82) is 0 Å². The molecule has 0 aromatic carbocycles. The summed E-state index contributed by atoms with van der Waals surface area (Å²) in [6.45, 7) is 8.95. The van der Waals surface area contributed by atoms with Crippen molar-refractivity contribution in [3.63, 3.8) is 0 Å². The SMILES string of the molecule is CC(C)(C)C1CCC(C2CC3C4B(C5CC(C6CCCCC6)CCC5N3C3C(C5CCCCC5)CCCC3C3CCCCC3)C3CC(C5CCC6CCCC7C8CCCC9CCCC(C98)C5C67)CCC3N(C3C(C5CCCCC5)CCCC3C3CCCCC3)C4C2)CC1. The molecule has 2 nitrogen and oxygen atoms in total. The number of hydrogen-bond donors (Lipinski definition) is 0. The maximum atomic E-state index is 3.98. The summed E-state index contributed by atoms with van der Waals surface area (Å²) < 4.78 is 0. The molecule has 0 N–H and O–H groups in total. The predicted molar refractivity (Wildman–Crippen MR) is 392 cm³/mol. The summed E-state index contributed by atoms with van der Waals surface area (Å²) in [5, 5.41) is 0. The van der Waals surface area contributed by atoms with E-state index >= 15 is 0 Å². The van der Waals surface area contributed by atoms with E-state index in [1.54, 1.807) is 347 Å². The summed E-state index contributed by atoms with van der Waals surface area (Å²) in [7, 11) is 0. The first-order chi connectivity index (χ1) is 45.8. The van der Waals surface area contributed by atoms with Gasteiger partial charge in [0.2, 0.25) is 0 Å². The van der Waals surface area contributed by atoms with Crippen LogP contribution in [0.4, 0.5) is 0 Å². The fraction of sp³-hybridized carbons (Fsp3) is 1.00. The van der Waals surface area contributed by atoms with E-state index in [2.05, 4.69) is 30.6 Å². The topological polar surface area (TPSA) is 6.48 Å². The summed E-state index contributed by atoms with van der Waals surface area (Å²) in [6, 6.07) is 5.36. The molecular formula is C90H149BN2. The van der Waals surface area contributed by atoms with E-state index in [0.717, 1.165) is 197 Å². The van der Waals surface area contributed by atoms with Crippen LogP contribution in [0.1, 0.15) is 367 Å². The van der Waals surface area contributed by atoms with Gasteiger partial charge in [-0.3, -0.25) is 9.80 Å². The minimum atomic E-state index is 0.466. The van der Waals surface area contributed by atoms with Gasteiger partial charge in [0.1, 0.15) is 0 Å². The maximum Gasteiger partial charge on any atom is 0.156 e.